The second kappa shape index (κ2) is 5.43. The topological polar surface area (TPSA) is 93.8 Å². The molecule has 0 unspecified atom stereocenters. The van der Waals surface area contributed by atoms with Crippen molar-refractivity contribution in [1.29, 1.82) is 10.5 Å². The van der Waals surface area contributed by atoms with E-state index in [1.54, 1.807) is 6.92 Å². The summed E-state index contributed by atoms with van der Waals surface area (Å²) in [7, 11) is 0. The van der Waals surface area contributed by atoms with Crippen LogP contribution in [-0.2, 0) is 9.59 Å². The van der Waals surface area contributed by atoms with E-state index in [-0.39, 0.29) is 17.5 Å². The summed E-state index contributed by atoms with van der Waals surface area (Å²) >= 11 is 0. The molecule has 0 aromatic heterocycles. The molecule has 5 nitrogen and oxygen atoms in total. The van der Waals surface area contributed by atoms with Crippen molar-refractivity contribution in [1.82, 2.24) is 0 Å². The molecule has 1 N–H and O–H groups in total. The number of Topliss-reactive ketones (excluding diaryl/α,β-unsaturated/α-hetero) is 1. The van der Waals surface area contributed by atoms with Crippen LogP contribution in [-0.4, -0.2) is 11.7 Å². The van der Waals surface area contributed by atoms with Crippen LogP contribution in [0.25, 0.3) is 0 Å². The van der Waals surface area contributed by atoms with Gasteiger partial charge in [-0.15, -0.1) is 0 Å². The summed E-state index contributed by atoms with van der Waals surface area (Å²) in [6.07, 6.45) is 0.118. The zero-order valence-electron chi connectivity index (χ0n) is 9.15. The summed E-state index contributed by atoms with van der Waals surface area (Å²) in [5.74, 6) is -1.26. The number of nitriles is 2. The Morgan fingerprint density at radius 2 is 1.88 bits per heavy atom. The molecule has 1 rings (SSSR count). The molecule has 0 aliphatic rings. The molecule has 0 atom stereocenters. The molecule has 17 heavy (non-hydrogen) atoms. The number of benzene rings is 1. The molecule has 1 aromatic rings. The van der Waals surface area contributed by atoms with Crippen molar-refractivity contribution in [3.8, 4) is 12.1 Å². The predicted octanol–water partition coefficient (Wildman–Crippen LogP) is 1.35. The third kappa shape index (κ3) is 2.90. The Bertz CT molecular complexity index is 550. The molecule has 84 valence electrons. The second-order valence-corrected chi connectivity index (χ2v) is 3.21. The maximum absolute atomic E-state index is 11.3. The molecule has 0 fully saturated rings. The first-order valence-corrected chi connectivity index (χ1v) is 4.90. The minimum absolute atomic E-state index is 0.118. The first-order chi connectivity index (χ1) is 8.12. The standard InChI is InChI=1S/C12H9N3O2/c1-2-11(16)12(17)15-10-4-3-8(6-13)9(5-10)7-14/h3-5H,2H2,1H3,(H,15,17). The number of amides is 1. The summed E-state index contributed by atoms with van der Waals surface area (Å²) in [6, 6.07) is 7.96. The maximum atomic E-state index is 11.3. The highest BCUT2D eigenvalue weighted by atomic mass is 16.2. The first kappa shape index (κ1) is 12.4. The summed E-state index contributed by atoms with van der Waals surface area (Å²) in [4.78, 5) is 22.4. The average Bonchev–Trinajstić information content (AvgIpc) is 2.37. The van der Waals surface area contributed by atoms with Crippen molar-refractivity contribution >= 4 is 17.4 Å². The van der Waals surface area contributed by atoms with Gasteiger partial charge in [0.2, 0.25) is 5.78 Å². The fraction of sp³-hybridized carbons (Fsp3) is 0.167. The molecule has 0 saturated heterocycles. The molecule has 0 aliphatic carbocycles. The lowest BCUT2D eigenvalue weighted by atomic mass is 10.1. The van der Waals surface area contributed by atoms with Gasteiger partial charge in [-0.3, -0.25) is 9.59 Å². The minimum Gasteiger partial charge on any atom is -0.319 e. The van der Waals surface area contributed by atoms with Crippen molar-refractivity contribution in [2.45, 2.75) is 13.3 Å². The molecule has 1 aromatic carbocycles. The van der Waals surface area contributed by atoms with Crippen LogP contribution in [0.2, 0.25) is 0 Å². The predicted molar refractivity (Wildman–Crippen MR) is 59.8 cm³/mol. The number of carbonyl (C=O) groups excluding carboxylic acids is 2. The lowest BCUT2D eigenvalue weighted by Crippen LogP contribution is -2.21. The highest BCUT2D eigenvalue weighted by molar-refractivity contribution is 6.40. The van der Waals surface area contributed by atoms with Crippen LogP contribution in [0.4, 0.5) is 5.69 Å². The summed E-state index contributed by atoms with van der Waals surface area (Å²) < 4.78 is 0. The normalized spacial score (nSPS) is 8.88. The van der Waals surface area contributed by atoms with Crippen molar-refractivity contribution in [3.05, 3.63) is 29.3 Å². The number of ketones is 1. The Morgan fingerprint density at radius 1 is 1.24 bits per heavy atom. The fourth-order valence-electron chi connectivity index (χ4n) is 1.17. The van der Waals surface area contributed by atoms with Gasteiger partial charge in [0.05, 0.1) is 11.1 Å². The number of carbonyl (C=O) groups is 2. The molecule has 1 amide bonds. The van der Waals surface area contributed by atoms with E-state index in [1.165, 1.54) is 18.2 Å². The summed E-state index contributed by atoms with van der Waals surface area (Å²) in [5, 5.41) is 19.9. The van der Waals surface area contributed by atoms with Gasteiger partial charge in [-0.05, 0) is 18.2 Å². The molecule has 0 radical (unpaired) electrons. The van der Waals surface area contributed by atoms with Crippen molar-refractivity contribution in [2.24, 2.45) is 0 Å². The highest BCUT2D eigenvalue weighted by Crippen LogP contribution is 2.14. The van der Waals surface area contributed by atoms with Gasteiger partial charge < -0.3 is 5.32 Å². The summed E-state index contributed by atoms with van der Waals surface area (Å²) in [5.41, 5.74) is 0.717. The van der Waals surface area contributed by atoms with E-state index in [0.717, 1.165) is 0 Å². The number of anilines is 1. The number of hydrogen-bond acceptors (Lipinski definition) is 4. The third-order valence-electron chi connectivity index (χ3n) is 2.09. The number of hydrogen-bond donors (Lipinski definition) is 1. The van der Waals surface area contributed by atoms with Crippen LogP contribution in [0.15, 0.2) is 18.2 Å². The minimum atomic E-state index is -0.721. The first-order valence-electron chi connectivity index (χ1n) is 4.90. The third-order valence-corrected chi connectivity index (χ3v) is 2.09. The molecule has 0 spiro atoms. The van der Waals surface area contributed by atoms with Crippen molar-refractivity contribution < 1.29 is 9.59 Å². The van der Waals surface area contributed by atoms with Gasteiger partial charge in [-0.1, -0.05) is 6.92 Å². The van der Waals surface area contributed by atoms with Crippen molar-refractivity contribution in [2.75, 3.05) is 5.32 Å². The van der Waals surface area contributed by atoms with E-state index in [0.29, 0.717) is 5.69 Å². The molecular formula is C12H9N3O2. The van der Waals surface area contributed by atoms with Crippen LogP contribution < -0.4 is 5.32 Å². The van der Waals surface area contributed by atoms with Crippen LogP contribution >= 0.6 is 0 Å². The molecule has 5 heteroatoms. The average molecular weight is 227 g/mol. The van der Waals surface area contributed by atoms with Crippen LogP contribution in [0, 0.1) is 22.7 Å². The van der Waals surface area contributed by atoms with Gasteiger partial charge in [-0.25, -0.2) is 0 Å². The van der Waals surface area contributed by atoms with Crippen LogP contribution in [0.3, 0.4) is 0 Å². The van der Waals surface area contributed by atoms with Gasteiger partial charge in [0.1, 0.15) is 12.1 Å². The number of rotatable bonds is 3. The maximum Gasteiger partial charge on any atom is 0.291 e. The lowest BCUT2D eigenvalue weighted by molar-refractivity contribution is -0.134. The Kier molecular flexibility index (Phi) is 3.96. The van der Waals surface area contributed by atoms with Gasteiger partial charge in [0.15, 0.2) is 0 Å². The van der Waals surface area contributed by atoms with Crippen molar-refractivity contribution in [3.63, 3.8) is 0 Å². The van der Waals surface area contributed by atoms with Gasteiger partial charge in [0.25, 0.3) is 5.91 Å². The van der Waals surface area contributed by atoms with E-state index in [2.05, 4.69) is 5.32 Å². The Hall–Kier alpha value is -2.66. The number of nitrogens with one attached hydrogen (secondary N) is 1. The van der Waals surface area contributed by atoms with E-state index in [1.807, 2.05) is 12.1 Å². The fourth-order valence-corrected chi connectivity index (χ4v) is 1.17. The van der Waals surface area contributed by atoms with E-state index >= 15 is 0 Å². The Labute approximate surface area is 98.3 Å². The zero-order valence-corrected chi connectivity index (χ0v) is 9.15. The highest BCUT2D eigenvalue weighted by Gasteiger charge is 2.12. The van der Waals surface area contributed by atoms with Crippen LogP contribution in [0.1, 0.15) is 24.5 Å². The van der Waals surface area contributed by atoms with E-state index in [4.69, 9.17) is 10.5 Å². The molecular weight excluding hydrogens is 218 g/mol. The van der Waals surface area contributed by atoms with Gasteiger partial charge in [0, 0.05) is 12.1 Å². The van der Waals surface area contributed by atoms with E-state index in [9.17, 15) is 9.59 Å². The van der Waals surface area contributed by atoms with E-state index < -0.39 is 11.7 Å². The monoisotopic (exact) mass is 227 g/mol. The molecule has 0 bridgehead atoms. The second-order valence-electron chi connectivity index (χ2n) is 3.21. The van der Waals surface area contributed by atoms with Gasteiger partial charge >= 0.3 is 0 Å². The van der Waals surface area contributed by atoms with Crippen LogP contribution in [0.5, 0.6) is 0 Å². The largest absolute Gasteiger partial charge is 0.319 e. The molecule has 0 saturated carbocycles. The smallest absolute Gasteiger partial charge is 0.291 e. The molecule has 0 heterocycles. The number of nitrogens with zero attached hydrogens (tertiary/aromatic N) is 2. The quantitative estimate of drug-likeness (QED) is 0.788. The molecule has 0 aliphatic heterocycles. The SMILES string of the molecule is CCC(=O)C(=O)Nc1ccc(C#N)c(C#N)c1. The Morgan fingerprint density at radius 3 is 2.41 bits per heavy atom. The summed E-state index contributed by atoms with van der Waals surface area (Å²) in [6.45, 7) is 1.58. The Balaban J connectivity index is 2.96. The van der Waals surface area contributed by atoms with Gasteiger partial charge in [-0.2, -0.15) is 10.5 Å². The zero-order chi connectivity index (χ0) is 12.8. The lowest BCUT2D eigenvalue weighted by Gasteiger charge is -2.04.